The molecule has 0 atom stereocenters. The minimum absolute atomic E-state index is 0.0825. The Hall–Kier alpha value is -2.17. The van der Waals surface area contributed by atoms with Crippen LogP contribution in [0.5, 0.6) is 0 Å². The van der Waals surface area contributed by atoms with Crippen molar-refractivity contribution in [3.63, 3.8) is 0 Å². The number of benzene rings is 1. The van der Waals surface area contributed by atoms with Gasteiger partial charge in [-0.2, -0.15) is 5.10 Å². The van der Waals surface area contributed by atoms with E-state index in [9.17, 15) is 9.18 Å². The molecule has 0 bridgehead atoms. The smallest absolute Gasteiger partial charge is 0.336 e. The molecule has 1 N–H and O–H groups in total. The number of hydrogen-bond donors (Lipinski definition) is 1. The number of carboxylic acid groups (broad SMARTS) is 1. The number of carbonyl (C=O) groups is 1. The fraction of sp³-hybridized carbons (Fsp3) is 0.231. The van der Waals surface area contributed by atoms with Gasteiger partial charge in [-0.3, -0.25) is 4.68 Å². The summed E-state index contributed by atoms with van der Waals surface area (Å²) in [6.07, 6.45) is 2.37. The monoisotopic (exact) mass is 248 g/mol. The Balaban J connectivity index is 2.68. The van der Waals surface area contributed by atoms with Crippen molar-refractivity contribution in [3.05, 3.63) is 41.5 Å². The van der Waals surface area contributed by atoms with E-state index in [4.69, 9.17) is 5.11 Å². The van der Waals surface area contributed by atoms with Gasteiger partial charge in [-0.1, -0.05) is 6.92 Å². The van der Waals surface area contributed by atoms with Crippen LogP contribution in [0.2, 0.25) is 0 Å². The molecule has 0 radical (unpaired) electrons. The summed E-state index contributed by atoms with van der Waals surface area (Å²) in [6.45, 7) is 1.92. The molecule has 0 spiro atoms. The maximum absolute atomic E-state index is 13.3. The molecule has 0 unspecified atom stereocenters. The fourth-order valence-corrected chi connectivity index (χ4v) is 1.95. The predicted molar refractivity (Wildman–Crippen MR) is 64.9 cm³/mol. The van der Waals surface area contributed by atoms with Gasteiger partial charge in [0.25, 0.3) is 0 Å². The molecule has 18 heavy (non-hydrogen) atoms. The number of aromatic nitrogens is 2. The second-order valence-electron chi connectivity index (χ2n) is 4.01. The molecule has 1 aromatic carbocycles. The number of aromatic carboxylic acids is 1. The summed E-state index contributed by atoms with van der Waals surface area (Å²) in [7, 11) is 1.75. The summed E-state index contributed by atoms with van der Waals surface area (Å²) in [5.74, 6) is -1.53. The van der Waals surface area contributed by atoms with E-state index in [0.717, 1.165) is 11.8 Å². The second-order valence-corrected chi connectivity index (χ2v) is 4.01. The predicted octanol–water partition coefficient (Wildman–Crippen LogP) is 2.49. The summed E-state index contributed by atoms with van der Waals surface area (Å²) in [5, 5.41) is 13.4. The Labute approximate surface area is 104 Å². The third kappa shape index (κ3) is 2.11. The van der Waals surface area contributed by atoms with Gasteiger partial charge < -0.3 is 5.11 Å². The van der Waals surface area contributed by atoms with Crippen LogP contribution in [0.1, 0.15) is 23.0 Å². The summed E-state index contributed by atoms with van der Waals surface area (Å²) in [5.41, 5.74) is 1.87. The quantitative estimate of drug-likeness (QED) is 0.907. The van der Waals surface area contributed by atoms with Crippen LogP contribution < -0.4 is 0 Å². The van der Waals surface area contributed by atoms with Crippen molar-refractivity contribution in [2.75, 3.05) is 0 Å². The van der Waals surface area contributed by atoms with E-state index in [1.165, 1.54) is 12.1 Å². The summed E-state index contributed by atoms with van der Waals surface area (Å²) in [4.78, 5) is 11.2. The van der Waals surface area contributed by atoms with Crippen molar-refractivity contribution in [3.8, 4) is 11.1 Å². The molecule has 0 fully saturated rings. The van der Waals surface area contributed by atoms with Crippen LogP contribution in [0.3, 0.4) is 0 Å². The van der Waals surface area contributed by atoms with Crippen molar-refractivity contribution in [1.82, 2.24) is 9.78 Å². The van der Waals surface area contributed by atoms with Crippen molar-refractivity contribution in [2.45, 2.75) is 13.3 Å². The Bertz CT molecular complexity index is 605. The fourth-order valence-electron chi connectivity index (χ4n) is 1.95. The summed E-state index contributed by atoms with van der Waals surface area (Å²) < 4.78 is 14.9. The molecule has 94 valence electrons. The topological polar surface area (TPSA) is 55.1 Å². The van der Waals surface area contributed by atoms with Crippen molar-refractivity contribution in [1.29, 1.82) is 0 Å². The maximum Gasteiger partial charge on any atom is 0.336 e. The van der Waals surface area contributed by atoms with Crippen LogP contribution in [-0.2, 0) is 13.5 Å². The highest BCUT2D eigenvalue weighted by molar-refractivity contribution is 5.96. The average molecular weight is 248 g/mol. The van der Waals surface area contributed by atoms with Crippen molar-refractivity contribution < 1.29 is 14.3 Å². The molecule has 5 heteroatoms. The first-order valence-corrected chi connectivity index (χ1v) is 5.58. The van der Waals surface area contributed by atoms with E-state index in [0.29, 0.717) is 17.5 Å². The normalized spacial score (nSPS) is 10.6. The van der Waals surface area contributed by atoms with Gasteiger partial charge in [-0.25, -0.2) is 9.18 Å². The van der Waals surface area contributed by atoms with Gasteiger partial charge in [0.2, 0.25) is 0 Å². The van der Waals surface area contributed by atoms with E-state index >= 15 is 0 Å². The molecule has 0 aliphatic heterocycles. The Morgan fingerprint density at radius 1 is 1.44 bits per heavy atom. The van der Waals surface area contributed by atoms with Crippen LogP contribution in [0.15, 0.2) is 24.4 Å². The highest BCUT2D eigenvalue weighted by atomic mass is 19.1. The first-order chi connectivity index (χ1) is 8.52. The van der Waals surface area contributed by atoms with Crippen LogP contribution in [0.4, 0.5) is 4.39 Å². The lowest BCUT2D eigenvalue weighted by Gasteiger charge is -2.05. The highest BCUT2D eigenvalue weighted by Gasteiger charge is 2.17. The van der Waals surface area contributed by atoms with Crippen molar-refractivity contribution in [2.24, 2.45) is 7.05 Å². The van der Waals surface area contributed by atoms with Crippen LogP contribution >= 0.6 is 0 Å². The van der Waals surface area contributed by atoms with E-state index in [-0.39, 0.29) is 5.56 Å². The first-order valence-electron chi connectivity index (χ1n) is 5.58. The molecular formula is C13H13FN2O2. The highest BCUT2D eigenvalue weighted by Crippen LogP contribution is 2.27. The SMILES string of the molecule is CCc1nn(C)cc1-c1cc(F)ccc1C(=O)O. The van der Waals surface area contributed by atoms with Crippen LogP contribution in [0, 0.1) is 5.82 Å². The zero-order valence-corrected chi connectivity index (χ0v) is 10.1. The van der Waals surface area contributed by atoms with E-state index in [1.807, 2.05) is 6.92 Å². The molecule has 1 heterocycles. The molecule has 0 aliphatic carbocycles. The number of carboxylic acids is 1. The molecule has 0 aliphatic rings. The standard InChI is InChI=1S/C13H13FN2O2/c1-3-12-11(7-16(2)15-12)10-6-8(14)4-5-9(10)13(17)18/h4-7H,3H2,1-2H3,(H,17,18). The average Bonchev–Trinajstić information content (AvgIpc) is 2.69. The summed E-state index contributed by atoms with van der Waals surface area (Å²) in [6, 6.07) is 3.66. The molecule has 0 amide bonds. The minimum atomic E-state index is -1.07. The third-order valence-corrected chi connectivity index (χ3v) is 2.74. The number of hydrogen-bond acceptors (Lipinski definition) is 2. The minimum Gasteiger partial charge on any atom is -0.478 e. The Kier molecular flexibility index (Phi) is 3.14. The van der Waals surface area contributed by atoms with E-state index in [2.05, 4.69) is 5.10 Å². The van der Waals surface area contributed by atoms with Gasteiger partial charge in [0.1, 0.15) is 5.82 Å². The number of nitrogens with zero attached hydrogens (tertiary/aromatic N) is 2. The Morgan fingerprint density at radius 2 is 2.17 bits per heavy atom. The number of aryl methyl sites for hydroxylation is 2. The first kappa shape index (κ1) is 12.3. The van der Waals surface area contributed by atoms with Gasteiger partial charge in [-0.05, 0) is 24.6 Å². The second kappa shape index (κ2) is 4.60. The molecule has 0 saturated heterocycles. The molecule has 0 saturated carbocycles. The lowest BCUT2D eigenvalue weighted by atomic mass is 9.99. The third-order valence-electron chi connectivity index (χ3n) is 2.74. The van der Waals surface area contributed by atoms with Gasteiger partial charge in [0.05, 0.1) is 11.3 Å². The lowest BCUT2D eigenvalue weighted by Crippen LogP contribution is -2.00. The summed E-state index contributed by atoms with van der Waals surface area (Å²) >= 11 is 0. The molecule has 2 rings (SSSR count). The largest absolute Gasteiger partial charge is 0.478 e. The number of rotatable bonds is 3. The van der Waals surface area contributed by atoms with Crippen LogP contribution in [0.25, 0.3) is 11.1 Å². The number of halogens is 1. The maximum atomic E-state index is 13.3. The molecule has 4 nitrogen and oxygen atoms in total. The van der Waals surface area contributed by atoms with Gasteiger partial charge in [-0.15, -0.1) is 0 Å². The van der Waals surface area contributed by atoms with Gasteiger partial charge in [0, 0.05) is 24.4 Å². The van der Waals surface area contributed by atoms with Gasteiger partial charge in [0.15, 0.2) is 0 Å². The zero-order valence-electron chi connectivity index (χ0n) is 10.1. The van der Waals surface area contributed by atoms with E-state index in [1.54, 1.807) is 17.9 Å². The van der Waals surface area contributed by atoms with Gasteiger partial charge >= 0.3 is 5.97 Å². The molecule has 2 aromatic rings. The Morgan fingerprint density at radius 3 is 2.78 bits per heavy atom. The zero-order chi connectivity index (χ0) is 13.3. The van der Waals surface area contributed by atoms with E-state index < -0.39 is 11.8 Å². The van der Waals surface area contributed by atoms with Crippen LogP contribution in [-0.4, -0.2) is 20.9 Å². The molecule has 1 aromatic heterocycles. The lowest BCUT2D eigenvalue weighted by molar-refractivity contribution is 0.0697. The van der Waals surface area contributed by atoms with Crippen molar-refractivity contribution >= 4 is 5.97 Å². The molecular weight excluding hydrogens is 235 g/mol.